The number of unbranched alkanes of at least 4 members (excludes halogenated alkanes) is 3. The van der Waals surface area contributed by atoms with Crippen molar-refractivity contribution in [2.45, 2.75) is 58.2 Å². The van der Waals surface area contributed by atoms with Gasteiger partial charge >= 0.3 is 6.18 Å². The lowest BCUT2D eigenvalue weighted by Gasteiger charge is -2.22. The largest absolute Gasteiger partial charge is 0.755 e. The smallest absolute Gasteiger partial charge is 0.433 e. The van der Waals surface area contributed by atoms with E-state index in [-0.39, 0.29) is 30.3 Å². The van der Waals surface area contributed by atoms with Crippen molar-refractivity contribution < 1.29 is 35.9 Å². The van der Waals surface area contributed by atoms with E-state index in [1.807, 2.05) is 6.92 Å². The van der Waals surface area contributed by atoms with Crippen LogP contribution in [0.25, 0.3) is 0 Å². The third kappa shape index (κ3) is 8.17. The van der Waals surface area contributed by atoms with E-state index < -0.39 is 40.8 Å². The number of hydrogen-bond acceptors (Lipinski definition) is 5. The minimum absolute atomic E-state index is 0.142. The Bertz CT molecular complexity index is 1040. The first-order valence-electron chi connectivity index (χ1n) is 11.1. The van der Waals surface area contributed by atoms with Crippen molar-refractivity contribution in [3.63, 3.8) is 0 Å². The molecule has 0 saturated heterocycles. The lowest BCUT2D eigenvalue weighted by atomic mass is 9.99. The maximum Gasteiger partial charge on any atom is 0.433 e. The summed E-state index contributed by atoms with van der Waals surface area (Å²) in [4.78, 5) is 16.2. The van der Waals surface area contributed by atoms with Gasteiger partial charge in [0.1, 0.15) is 11.5 Å². The molecule has 0 fully saturated rings. The van der Waals surface area contributed by atoms with Gasteiger partial charge in [-0.05, 0) is 43.2 Å². The molecule has 0 bridgehead atoms. The molecule has 1 aromatic carbocycles. The quantitative estimate of drug-likeness (QED) is 0.246. The number of alkyl halides is 3. The molecule has 2 aromatic rings. The Labute approximate surface area is 204 Å². The molecule has 12 heteroatoms. The Morgan fingerprint density at radius 3 is 2.54 bits per heavy atom. The van der Waals surface area contributed by atoms with Gasteiger partial charge in [0.05, 0.1) is 18.2 Å². The van der Waals surface area contributed by atoms with Crippen LogP contribution in [-0.2, 0) is 28.8 Å². The number of carbonyl (C=O) groups excluding carboxylic acids is 1. The Morgan fingerprint density at radius 1 is 1.23 bits per heavy atom. The average Bonchev–Trinajstić information content (AvgIpc) is 2.81. The van der Waals surface area contributed by atoms with Crippen LogP contribution in [0.15, 0.2) is 30.3 Å². The van der Waals surface area contributed by atoms with Crippen LogP contribution in [0.2, 0.25) is 0 Å². The third-order valence-corrected chi connectivity index (χ3v) is 5.99. The van der Waals surface area contributed by atoms with Crippen molar-refractivity contribution >= 4 is 22.9 Å². The van der Waals surface area contributed by atoms with Gasteiger partial charge in [-0.15, -0.1) is 0 Å². The molecule has 2 rings (SSSR count). The van der Waals surface area contributed by atoms with Crippen LogP contribution >= 0.6 is 0 Å². The number of amides is 1. The standard InChI is InChI=1S/C23H29F4N3O4S/c1-4-5-6-7-12-34-22-17(9-11-20(29-22)23(25,26)27)14-28-21(31)15(2)16-8-10-19(18(24)13-16)30(3)35(32)33/h8-11,13,15H,4-7,12,14H2,1-3H3,(H,28,31)(H,32,33)/p-1. The van der Waals surface area contributed by atoms with Crippen LogP contribution in [0.3, 0.4) is 0 Å². The maximum atomic E-state index is 14.4. The molecule has 0 saturated carbocycles. The van der Waals surface area contributed by atoms with E-state index in [0.29, 0.717) is 16.3 Å². The summed E-state index contributed by atoms with van der Waals surface area (Å²) in [5, 5.41) is 2.61. The second kappa shape index (κ2) is 12.8. The molecule has 194 valence electrons. The van der Waals surface area contributed by atoms with E-state index in [9.17, 15) is 31.1 Å². The molecule has 2 unspecified atom stereocenters. The van der Waals surface area contributed by atoms with Gasteiger partial charge in [0.25, 0.3) is 0 Å². The minimum Gasteiger partial charge on any atom is -0.755 e. The van der Waals surface area contributed by atoms with E-state index in [0.717, 1.165) is 31.4 Å². The molecular formula is C23H28F4N3O4S-. The second-order valence-electron chi connectivity index (χ2n) is 7.93. The number of aromatic nitrogens is 1. The van der Waals surface area contributed by atoms with Crippen LogP contribution in [0, 0.1) is 5.82 Å². The van der Waals surface area contributed by atoms with Gasteiger partial charge in [-0.25, -0.2) is 9.37 Å². The lowest BCUT2D eigenvalue weighted by molar-refractivity contribution is -0.141. The van der Waals surface area contributed by atoms with Gasteiger partial charge in [0, 0.05) is 30.4 Å². The zero-order valence-corrected chi connectivity index (χ0v) is 20.5. The van der Waals surface area contributed by atoms with E-state index in [1.54, 1.807) is 0 Å². The molecule has 1 amide bonds. The van der Waals surface area contributed by atoms with Gasteiger partial charge < -0.3 is 18.9 Å². The molecule has 1 aromatic heterocycles. The molecule has 0 radical (unpaired) electrons. The minimum atomic E-state index is -4.64. The number of nitrogens with one attached hydrogen (secondary N) is 1. The SMILES string of the molecule is CCCCCCOc1nc(C(F)(F)F)ccc1CNC(=O)C(C)c1ccc(N(C)S(=O)[O-])c(F)c1. The van der Waals surface area contributed by atoms with Crippen molar-refractivity contribution in [3.8, 4) is 5.88 Å². The Hall–Kier alpha value is -2.73. The number of hydrogen-bond donors (Lipinski definition) is 1. The number of benzene rings is 1. The Morgan fingerprint density at radius 2 is 1.94 bits per heavy atom. The van der Waals surface area contributed by atoms with Crippen LogP contribution < -0.4 is 14.4 Å². The first-order chi connectivity index (χ1) is 16.5. The van der Waals surface area contributed by atoms with E-state index in [1.165, 1.54) is 32.2 Å². The lowest BCUT2D eigenvalue weighted by Crippen LogP contribution is -2.28. The van der Waals surface area contributed by atoms with E-state index in [4.69, 9.17) is 4.74 Å². The molecular weight excluding hydrogens is 490 g/mol. The summed E-state index contributed by atoms with van der Waals surface area (Å²) in [5.41, 5.74) is -0.697. The highest BCUT2D eigenvalue weighted by molar-refractivity contribution is 7.80. The molecule has 0 spiro atoms. The number of anilines is 1. The molecule has 2 atom stereocenters. The van der Waals surface area contributed by atoms with Crippen molar-refractivity contribution in [1.82, 2.24) is 10.3 Å². The number of rotatable bonds is 12. The van der Waals surface area contributed by atoms with Gasteiger partial charge in [0.15, 0.2) is 0 Å². The topological polar surface area (TPSA) is 94.6 Å². The van der Waals surface area contributed by atoms with Crippen LogP contribution in [0.5, 0.6) is 5.88 Å². The summed E-state index contributed by atoms with van der Waals surface area (Å²) in [6.07, 6.45) is -1.13. The van der Waals surface area contributed by atoms with Crippen molar-refractivity contribution in [3.05, 3.63) is 53.0 Å². The molecule has 7 nitrogen and oxygen atoms in total. The van der Waals surface area contributed by atoms with Crippen molar-refractivity contribution in [1.29, 1.82) is 0 Å². The number of carbonyl (C=O) groups is 1. The predicted octanol–water partition coefficient (Wildman–Crippen LogP) is 4.85. The highest BCUT2D eigenvalue weighted by Gasteiger charge is 2.33. The second-order valence-corrected chi connectivity index (χ2v) is 8.91. The van der Waals surface area contributed by atoms with E-state index >= 15 is 0 Å². The normalized spacial score (nSPS) is 13.3. The van der Waals surface area contributed by atoms with Gasteiger partial charge in [-0.1, -0.05) is 32.3 Å². The fourth-order valence-electron chi connectivity index (χ4n) is 3.20. The fraction of sp³-hybridized carbons (Fsp3) is 0.478. The molecule has 0 aliphatic heterocycles. The molecule has 0 aliphatic carbocycles. The zero-order chi connectivity index (χ0) is 26.2. The zero-order valence-electron chi connectivity index (χ0n) is 19.7. The number of nitrogens with zero attached hydrogens (tertiary/aromatic N) is 2. The van der Waals surface area contributed by atoms with Crippen LogP contribution in [0.1, 0.15) is 62.3 Å². The van der Waals surface area contributed by atoms with Crippen molar-refractivity contribution in [2.75, 3.05) is 18.0 Å². The van der Waals surface area contributed by atoms with Crippen molar-refractivity contribution in [2.24, 2.45) is 0 Å². The Balaban J connectivity index is 2.11. The summed E-state index contributed by atoms with van der Waals surface area (Å²) in [5.74, 6) is -2.35. The molecule has 1 heterocycles. The molecule has 0 aliphatic rings. The first-order valence-corrected chi connectivity index (χ1v) is 12.1. The molecule has 35 heavy (non-hydrogen) atoms. The van der Waals surface area contributed by atoms with Crippen LogP contribution in [-0.4, -0.2) is 33.3 Å². The monoisotopic (exact) mass is 518 g/mol. The molecule has 1 N–H and O–H groups in total. The fourth-order valence-corrected chi connectivity index (χ4v) is 3.51. The average molecular weight is 519 g/mol. The van der Waals surface area contributed by atoms with Crippen LogP contribution in [0.4, 0.5) is 23.2 Å². The summed E-state index contributed by atoms with van der Waals surface area (Å²) in [6, 6.07) is 5.76. The predicted molar refractivity (Wildman–Crippen MR) is 123 cm³/mol. The highest BCUT2D eigenvalue weighted by atomic mass is 32.2. The highest BCUT2D eigenvalue weighted by Crippen LogP contribution is 2.30. The third-order valence-electron chi connectivity index (χ3n) is 5.35. The number of pyridine rings is 1. The summed E-state index contributed by atoms with van der Waals surface area (Å²) in [7, 11) is 1.18. The van der Waals surface area contributed by atoms with Gasteiger partial charge in [-0.3, -0.25) is 9.00 Å². The summed E-state index contributed by atoms with van der Waals surface area (Å²) < 4.78 is 81.9. The maximum absolute atomic E-state index is 14.4. The van der Waals surface area contributed by atoms with Gasteiger partial charge in [0.2, 0.25) is 11.8 Å². The number of halogens is 4. The Kier molecular flexibility index (Phi) is 10.4. The first kappa shape index (κ1) is 28.5. The van der Waals surface area contributed by atoms with Gasteiger partial charge in [-0.2, -0.15) is 13.2 Å². The van der Waals surface area contributed by atoms with E-state index in [2.05, 4.69) is 10.3 Å². The summed E-state index contributed by atoms with van der Waals surface area (Å²) >= 11 is -2.66. The number of ether oxygens (including phenoxy) is 1. The summed E-state index contributed by atoms with van der Waals surface area (Å²) in [6.45, 7) is 3.61.